The van der Waals surface area contributed by atoms with Crippen LogP contribution in [0.5, 0.6) is 0 Å². The number of rotatable bonds is 11. The van der Waals surface area contributed by atoms with E-state index in [-0.39, 0.29) is 0 Å². The van der Waals surface area contributed by atoms with Crippen molar-refractivity contribution in [1.29, 1.82) is 0 Å². The van der Waals surface area contributed by atoms with Crippen molar-refractivity contribution in [2.24, 2.45) is 0 Å². The van der Waals surface area contributed by atoms with Gasteiger partial charge in [0.15, 0.2) is 0 Å². The van der Waals surface area contributed by atoms with Crippen molar-refractivity contribution in [3.8, 4) is 0 Å². The first-order chi connectivity index (χ1) is 10.2. The molecule has 1 rings (SSSR count). The summed E-state index contributed by atoms with van der Waals surface area (Å²) in [5, 5.41) is 0. The molecule has 0 spiro atoms. The van der Waals surface area contributed by atoms with Crippen LogP contribution < -0.4 is 0 Å². The Morgan fingerprint density at radius 1 is 1.05 bits per heavy atom. The first kappa shape index (κ1) is 18.3. The van der Waals surface area contributed by atoms with E-state index < -0.39 is 7.75 Å². The van der Waals surface area contributed by atoms with Crippen molar-refractivity contribution < 1.29 is 18.5 Å². The first-order valence-electron chi connectivity index (χ1n) is 7.50. The lowest BCUT2D eigenvalue weighted by atomic mass is 10.2. The second-order valence-electron chi connectivity index (χ2n) is 4.49. The van der Waals surface area contributed by atoms with Crippen LogP contribution in [0.15, 0.2) is 30.3 Å². The van der Waals surface area contributed by atoms with Crippen LogP contribution in [0.3, 0.4) is 0 Å². The summed E-state index contributed by atoms with van der Waals surface area (Å²) in [6, 6.07) is 9.76. The summed E-state index contributed by atoms with van der Waals surface area (Å²) < 4.78 is 23.5. The highest BCUT2D eigenvalue weighted by Crippen LogP contribution is 2.52. The number of benzene rings is 1. The Morgan fingerprint density at radius 3 is 2.19 bits per heavy atom. The molecule has 0 bridgehead atoms. The number of nitrogens with zero attached hydrogens (tertiary/aromatic N) is 1. The van der Waals surface area contributed by atoms with Gasteiger partial charge < -0.3 is 0 Å². The highest BCUT2D eigenvalue weighted by atomic mass is 31.2. The lowest BCUT2D eigenvalue weighted by Crippen LogP contribution is -2.25. The third kappa shape index (κ3) is 6.29. The summed E-state index contributed by atoms with van der Waals surface area (Å²) in [6.45, 7) is 7.14. The third-order valence-corrected chi connectivity index (χ3v) is 4.81. The molecule has 0 fully saturated rings. The second kappa shape index (κ2) is 10.1. The van der Waals surface area contributed by atoms with Crippen LogP contribution in [-0.2, 0) is 25.1 Å². The van der Waals surface area contributed by atoms with Gasteiger partial charge in [-0.2, -0.15) is 0 Å². The van der Waals surface area contributed by atoms with E-state index in [1.807, 2.05) is 30.3 Å². The van der Waals surface area contributed by atoms with Gasteiger partial charge in [0.05, 0.1) is 19.8 Å². The van der Waals surface area contributed by atoms with Gasteiger partial charge in [0.2, 0.25) is 0 Å². The molecule has 0 aliphatic rings. The molecule has 5 nitrogen and oxygen atoms in total. The Kier molecular flexibility index (Phi) is 8.81. The molecule has 0 atom stereocenters. The van der Waals surface area contributed by atoms with Crippen molar-refractivity contribution in [3.63, 3.8) is 0 Å². The normalized spacial score (nSPS) is 12.0. The predicted molar refractivity (Wildman–Crippen MR) is 83.7 cm³/mol. The molecule has 0 amide bonds. The number of unbranched alkanes of at least 4 members (excludes halogenated alkanes) is 1. The van der Waals surface area contributed by atoms with Crippen LogP contribution in [0.4, 0.5) is 0 Å². The third-order valence-electron chi connectivity index (χ3n) is 2.78. The van der Waals surface area contributed by atoms with Crippen molar-refractivity contribution >= 4 is 7.75 Å². The highest BCUT2D eigenvalue weighted by molar-refractivity contribution is 7.51. The van der Waals surface area contributed by atoms with Crippen LogP contribution in [0, 0.1) is 0 Å². The van der Waals surface area contributed by atoms with E-state index in [2.05, 4.69) is 6.92 Å². The summed E-state index contributed by atoms with van der Waals surface area (Å²) in [6.07, 6.45) is 1.84. The van der Waals surface area contributed by atoms with E-state index in [9.17, 15) is 4.57 Å². The Labute approximate surface area is 127 Å². The molecule has 21 heavy (non-hydrogen) atoms. The summed E-state index contributed by atoms with van der Waals surface area (Å²) >= 11 is 0. The Balaban J connectivity index is 2.74. The zero-order valence-corrected chi connectivity index (χ0v) is 14.1. The molecular weight excluding hydrogens is 289 g/mol. The molecule has 0 radical (unpaired) electrons. The second-order valence-corrected chi connectivity index (χ2v) is 6.39. The lowest BCUT2D eigenvalue weighted by molar-refractivity contribution is -0.122. The predicted octanol–water partition coefficient (Wildman–Crippen LogP) is 4.40. The van der Waals surface area contributed by atoms with Crippen molar-refractivity contribution in [3.05, 3.63) is 35.9 Å². The fraction of sp³-hybridized carbons (Fsp3) is 0.600. The van der Waals surface area contributed by atoms with E-state index in [0.717, 1.165) is 18.4 Å². The van der Waals surface area contributed by atoms with Crippen molar-refractivity contribution in [1.82, 2.24) is 4.83 Å². The monoisotopic (exact) mass is 315 g/mol. The molecule has 0 saturated heterocycles. The Bertz CT molecular complexity index is 417. The fourth-order valence-corrected chi connectivity index (χ4v) is 3.34. The van der Waals surface area contributed by atoms with Crippen LogP contribution in [0.1, 0.15) is 39.2 Å². The van der Waals surface area contributed by atoms with Gasteiger partial charge in [-0.15, -0.1) is 0 Å². The lowest BCUT2D eigenvalue weighted by Gasteiger charge is -2.28. The van der Waals surface area contributed by atoms with Gasteiger partial charge in [-0.05, 0) is 25.8 Å². The van der Waals surface area contributed by atoms with Gasteiger partial charge in [-0.3, -0.25) is 13.9 Å². The highest BCUT2D eigenvalue weighted by Gasteiger charge is 2.34. The minimum atomic E-state index is -3.39. The van der Waals surface area contributed by atoms with E-state index in [1.165, 1.54) is 4.83 Å². The maximum absolute atomic E-state index is 12.8. The fourth-order valence-electron chi connectivity index (χ4n) is 1.77. The average molecular weight is 315 g/mol. The van der Waals surface area contributed by atoms with Gasteiger partial charge in [-0.1, -0.05) is 48.5 Å². The van der Waals surface area contributed by atoms with Gasteiger partial charge in [0.25, 0.3) is 0 Å². The van der Waals surface area contributed by atoms with E-state index >= 15 is 0 Å². The van der Waals surface area contributed by atoms with E-state index in [4.69, 9.17) is 13.9 Å². The van der Waals surface area contributed by atoms with Crippen LogP contribution in [0.2, 0.25) is 0 Å². The average Bonchev–Trinajstić information content (AvgIpc) is 2.48. The molecule has 6 heteroatoms. The molecule has 0 N–H and O–H groups in total. The zero-order chi connectivity index (χ0) is 15.6. The van der Waals surface area contributed by atoms with Crippen LogP contribution >= 0.6 is 7.75 Å². The smallest absolute Gasteiger partial charge is 0.296 e. The maximum atomic E-state index is 12.8. The van der Waals surface area contributed by atoms with Gasteiger partial charge in [-0.25, -0.2) is 4.57 Å². The van der Waals surface area contributed by atoms with Crippen molar-refractivity contribution in [2.45, 2.75) is 40.2 Å². The molecule has 0 heterocycles. The van der Waals surface area contributed by atoms with E-state index in [1.54, 1.807) is 13.8 Å². The largest absolute Gasteiger partial charge is 0.431 e. The molecule has 0 saturated carbocycles. The summed E-state index contributed by atoms with van der Waals surface area (Å²) in [7, 11) is -3.39. The van der Waals surface area contributed by atoms with Crippen LogP contribution in [-0.4, -0.2) is 24.6 Å². The van der Waals surface area contributed by atoms with Crippen molar-refractivity contribution in [2.75, 3.05) is 19.8 Å². The maximum Gasteiger partial charge on any atom is 0.431 e. The summed E-state index contributed by atoms with van der Waals surface area (Å²) in [4.78, 5) is 7.11. The number of hydroxylamine groups is 1. The molecule has 1 aromatic carbocycles. The minimum Gasteiger partial charge on any atom is -0.296 e. The standard InChI is InChI=1S/C15H26NO4P/c1-4-7-13-16(21(17,19-5-2)20-6-3)18-14-15-11-9-8-10-12-15/h8-12H,4-7,13-14H2,1-3H3. The van der Waals surface area contributed by atoms with E-state index in [0.29, 0.717) is 26.4 Å². The van der Waals surface area contributed by atoms with Gasteiger partial charge >= 0.3 is 7.75 Å². The molecule has 0 aliphatic heterocycles. The topological polar surface area (TPSA) is 48.0 Å². The zero-order valence-electron chi connectivity index (χ0n) is 13.2. The minimum absolute atomic E-state index is 0.314. The Hall–Kier alpha value is -0.710. The molecular formula is C15H26NO4P. The quantitative estimate of drug-likeness (QED) is 0.447. The number of hydrogen-bond donors (Lipinski definition) is 0. The SMILES string of the molecule is CCCCN(OCc1ccccc1)P(=O)(OCC)OCC. The molecule has 1 aromatic rings. The Morgan fingerprint density at radius 2 is 1.67 bits per heavy atom. The summed E-state index contributed by atoms with van der Waals surface area (Å²) in [5.74, 6) is 0. The van der Waals surface area contributed by atoms with Gasteiger partial charge in [0, 0.05) is 6.54 Å². The molecule has 0 unspecified atom stereocenters. The van der Waals surface area contributed by atoms with Crippen LogP contribution in [0.25, 0.3) is 0 Å². The molecule has 0 aromatic heterocycles. The summed E-state index contributed by atoms with van der Waals surface area (Å²) in [5.41, 5.74) is 1.01. The molecule has 120 valence electrons. The molecule has 0 aliphatic carbocycles. The van der Waals surface area contributed by atoms with Gasteiger partial charge in [0.1, 0.15) is 0 Å². The first-order valence-corrected chi connectivity index (χ1v) is 8.99. The number of hydrogen-bond acceptors (Lipinski definition) is 4.